The van der Waals surface area contributed by atoms with Crippen LogP contribution in [0.3, 0.4) is 0 Å². The number of H-pyrrole nitrogens is 1. The number of nitrogens with zero attached hydrogens (tertiary/aromatic N) is 5. The molecule has 1 aromatic heterocycles. The monoisotopic (exact) mass is 468 g/mol. The molecule has 0 atom stereocenters. The smallest absolute Gasteiger partial charge is 0.254 e. The molecule has 0 aliphatic carbocycles. The van der Waals surface area contributed by atoms with E-state index < -0.39 is 10.0 Å². The largest absolute Gasteiger partial charge is 0.336 e. The number of nitrogens with one attached hydrogen (secondary N) is 1. The summed E-state index contributed by atoms with van der Waals surface area (Å²) in [5, 5.41) is 16.5. The first-order valence-electron chi connectivity index (χ1n) is 9.85. The lowest BCUT2D eigenvalue weighted by molar-refractivity contribution is 0.0697. The molecule has 164 valence electrons. The summed E-state index contributed by atoms with van der Waals surface area (Å²) >= 11 is 1.45. The van der Waals surface area contributed by atoms with Crippen LogP contribution in [0.25, 0.3) is 0 Å². The Kier molecular flexibility index (Phi) is 6.55. The van der Waals surface area contributed by atoms with E-state index in [0.29, 0.717) is 16.5 Å². The molecular formula is C21H20N6O3S2. The minimum absolute atomic E-state index is 0.00272. The molecule has 1 saturated heterocycles. The minimum Gasteiger partial charge on any atom is -0.336 e. The number of carbonyl (C=O) groups excluding carboxylic acids is 1. The van der Waals surface area contributed by atoms with Crippen molar-refractivity contribution >= 4 is 27.7 Å². The molecule has 0 spiro atoms. The van der Waals surface area contributed by atoms with Crippen LogP contribution in [0.1, 0.15) is 21.5 Å². The highest BCUT2D eigenvalue weighted by Gasteiger charge is 2.32. The molecule has 1 aliphatic rings. The van der Waals surface area contributed by atoms with E-state index in [1.54, 1.807) is 23.1 Å². The van der Waals surface area contributed by atoms with Crippen LogP contribution in [0, 0.1) is 11.3 Å². The van der Waals surface area contributed by atoms with Crippen molar-refractivity contribution in [3.8, 4) is 6.07 Å². The van der Waals surface area contributed by atoms with Gasteiger partial charge in [0.05, 0.1) is 10.5 Å². The van der Waals surface area contributed by atoms with E-state index in [2.05, 4.69) is 15.2 Å². The Morgan fingerprint density at radius 2 is 1.81 bits per heavy atom. The maximum absolute atomic E-state index is 13.2. The molecule has 1 amide bonds. The third-order valence-electron chi connectivity index (χ3n) is 5.16. The fourth-order valence-electron chi connectivity index (χ4n) is 3.49. The van der Waals surface area contributed by atoms with Gasteiger partial charge in [-0.2, -0.15) is 14.7 Å². The lowest BCUT2D eigenvalue weighted by atomic mass is 10.1. The second-order valence-electron chi connectivity index (χ2n) is 7.04. The van der Waals surface area contributed by atoms with Gasteiger partial charge in [-0.3, -0.25) is 9.89 Å². The van der Waals surface area contributed by atoms with Crippen molar-refractivity contribution in [1.29, 1.82) is 5.26 Å². The maximum atomic E-state index is 13.2. The maximum Gasteiger partial charge on any atom is 0.254 e. The molecule has 0 radical (unpaired) electrons. The number of carbonyl (C=O) groups is 1. The molecule has 11 heteroatoms. The zero-order valence-corrected chi connectivity index (χ0v) is 18.6. The third-order valence-corrected chi connectivity index (χ3v) is 8.04. The number of hydrogen-bond acceptors (Lipinski definition) is 7. The summed E-state index contributed by atoms with van der Waals surface area (Å²) in [6.07, 6.45) is 1.43. The number of amides is 1. The number of aromatic amines is 1. The van der Waals surface area contributed by atoms with Crippen LogP contribution < -0.4 is 0 Å². The van der Waals surface area contributed by atoms with Crippen molar-refractivity contribution in [3.63, 3.8) is 0 Å². The highest BCUT2D eigenvalue weighted by atomic mass is 32.2. The Hall–Kier alpha value is -3.20. The molecule has 1 N–H and O–H groups in total. The van der Waals surface area contributed by atoms with E-state index >= 15 is 0 Å². The highest BCUT2D eigenvalue weighted by Crippen LogP contribution is 2.24. The lowest BCUT2D eigenvalue weighted by Crippen LogP contribution is -2.50. The lowest BCUT2D eigenvalue weighted by Gasteiger charge is -2.34. The standard InChI is InChI=1S/C21H20N6O3S2/c22-13-16-5-2-4-8-19(16)32(29,30)27-11-9-26(10-12-27)20(28)18-7-3-1-6-17(18)14-31-21-23-15-24-25-21/h1-8,15H,9-12,14H2,(H,23,24,25). The summed E-state index contributed by atoms with van der Waals surface area (Å²) < 4.78 is 27.4. The van der Waals surface area contributed by atoms with Crippen LogP contribution in [-0.2, 0) is 15.8 Å². The van der Waals surface area contributed by atoms with Gasteiger partial charge in [-0.15, -0.1) is 0 Å². The molecule has 2 aromatic carbocycles. The molecule has 32 heavy (non-hydrogen) atoms. The van der Waals surface area contributed by atoms with Crippen molar-refractivity contribution in [2.45, 2.75) is 15.8 Å². The summed E-state index contributed by atoms with van der Waals surface area (Å²) in [5.74, 6) is 0.421. The molecular weight excluding hydrogens is 448 g/mol. The van der Waals surface area contributed by atoms with Crippen molar-refractivity contribution in [2.75, 3.05) is 26.2 Å². The first-order chi connectivity index (χ1) is 15.5. The topological polar surface area (TPSA) is 123 Å². The average Bonchev–Trinajstić information content (AvgIpc) is 3.36. The predicted molar refractivity (Wildman–Crippen MR) is 118 cm³/mol. The summed E-state index contributed by atoms with van der Waals surface area (Å²) in [6.45, 7) is 0.887. The zero-order chi connectivity index (χ0) is 22.6. The number of piperazine rings is 1. The number of benzene rings is 2. The number of hydrogen-bond donors (Lipinski definition) is 1. The summed E-state index contributed by atoms with van der Waals surface area (Å²) in [6, 6.07) is 15.5. The van der Waals surface area contributed by atoms with Crippen LogP contribution in [-0.4, -0.2) is 64.9 Å². The average molecular weight is 469 g/mol. The molecule has 9 nitrogen and oxygen atoms in total. The van der Waals surface area contributed by atoms with E-state index in [1.807, 2.05) is 24.3 Å². The van der Waals surface area contributed by atoms with E-state index in [4.69, 9.17) is 0 Å². The first-order valence-corrected chi connectivity index (χ1v) is 12.3. The van der Waals surface area contributed by atoms with Crippen LogP contribution in [0.5, 0.6) is 0 Å². The van der Waals surface area contributed by atoms with Crippen molar-refractivity contribution < 1.29 is 13.2 Å². The van der Waals surface area contributed by atoms with Gasteiger partial charge in [0, 0.05) is 37.5 Å². The van der Waals surface area contributed by atoms with Crippen molar-refractivity contribution in [1.82, 2.24) is 24.4 Å². The third kappa shape index (κ3) is 4.52. The van der Waals surface area contributed by atoms with Gasteiger partial charge >= 0.3 is 0 Å². The fraction of sp³-hybridized carbons (Fsp3) is 0.238. The molecule has 1 fully saturated rings. The summed E-state index contributed by atoms with van der Waals surface area (Å²) in [5.41, 5.74) is 1.58. The van der Waals surface area contributed by atoms with E-state index in [1.165, 1.54) is 34.5 Å². The molecule has 0 saturated carbocycles. The Bertz CT molecular complexity index is 1250. The fourth-order valence-corrected chi connectivity index (χ4v) is 5.84. The first kappa shape index (κ1) is 22.0. The number of aromatic nitrogens is 3. The van der Waals surface area contributed by atoms with Crippen LogP contribution in [0.4, 0.5) is 0 Å². The molecule has 0 bridgehead atoms. The highest BCUT2D eigenvalue weighted by molar-refractivity contribution is 7.98. The van der Waals surface area contributed by atoms with Crippen LogP contribution >= 0.6 is 11.8 Å². The Morgan fingerprint density at radius 3 is 2.53 bits per heavy atom. The van der Waals surface area contributed by atoms with E-state index in [9.17, 15) is 18.5 Å². The number of thioether (sulfide) groups is 1. The summed E-state index contributed by atoms with van der Waals surface area (Å²) in [4.78, 5) is 18.9. The molecule has 3 aromatic rings. The molecule has 1 aliphatic heterocycles. The second kappa shape index (κ2) is 9.52. The molecule has 0 unspecified atom stereocenters. The molecule has 4 rings (SSSR count). The van der Waals surface area contributed by atoms with Crippen LogP contribution in [0.2, 0.25) is 0 Å². The van der Waals surface area contributed by atoms with Crippen LogP contribution in [0.15, 0.2) is 64.9 Å². The molecule has 2 heterocycles. The Labute approximate surface area is 190 Å². The zero-order valence-electron chi connectivity index (χ0n) is 17.0. The minimum atomic E-state index is -3.81. The van der Waals surface area contributed by atoms with Gasteiger partial charge in [-0.25, -0.2) is 13.4 Å². The number of sulfonamides is 1. The van der Waals surface area contributed by atoms with Gasteiger partial charge in [-0.05, 0) is 23.8 Å². The number of rotatable bonds is 6. The number of nitriles is 1. The quantitative estimate of drug-likeness (QED) is 0.550. The van der Waals surface area contributed by atoms with Crippen molar-refractivity contribution in [2.24, 2.45) is 0 Å². The normalized spacial score (nSPS) is 14.8. The van der Waals surface area contributed by atoms with Gasteiger partial charge in [0.25, 0.3) is 5.91 Å². The van der Waals surface area contributed by atoms with E-state index in [0.717, 1.165) is 5.56 Å². The van der Waals surface area contributed by atoms with Gasteiger partial charge in [0.15, 0.2) is 5.16 Å². The van der Waals surface area contributed by atoms with Gasteiger partial charge in [-0.1, -0.05) is 42.1 Å². The summed E-state index contributed by atoms with van der Waals surface area (Å²) in [7, 11) is -3.81. The SMILES string of the molecule is N#Cc1ccccc1S(=O)(=O)N1CCN(C(=O)c2ccccc2CSc2ncn[nH]2)CC1. The predicted octanol–water partition coefficient (Wildman–Crippen LogP) is 2.12. The van der Waals surface area contributed by atoms with Gasteiger partial charge < -0.3 is 4.90 Å². The van der Waals surface area contributed by atoms with Gasteiger partial charge in [0.1, 0.15) is 12.4 Å². The second-order valence-corrected chi connectivity index (χ2v) is 9.91. The Balaban J connectivity index is 1.45. The van der Waals surface area contributed by atoms with Gasteiger partial charge in [0.2, 0.25) is 10.0 Å². The van der Waals surface area contributed by atoms with E-state index in [-0.39, 0.29) is 42.5 Å². The Morgan fingerprint density at radius 1 is 1.09 bits per heavy atom. The van der Waals surface area contributed by atoms with Crippen molar-refractivity contribution in [3.05, 3.63) is 71.5 Å².